The minimum Gasteiger partial charge on any atom is -0.507 e. The molecule has 0 bridgehead atoms. The summed E-state index contributed by atoms with van der Waals surface area (Å²) in [7, 11) is 0. The number of carbonyl (C=O) groups excluding carboxylic acids is 1. The Hall–Kier alpha value is -2.36. The summed E-state index contributed by atoms with van der Waals surface area (Å²) in [6.45, 7) is 7.14. The number of ketones is 1. The van der Waals surface area contributed by atoms with E-state index in [2.05, 4.69) is 5.10 Å². The van der Waals surface area contributed by atoms with E-state index >= 15 is 0 Å². The molecule has 0 saturated heterocycles. The minimum absolute atomic E-state index is 0.0259. The molecule has 0 radical (unpaired) electrons. The van der Waals surface area contributed by atoms with Gasteiger partial charge in [0.05, 0.1) is 6.21 Å². The maximum Gasteiger partial charge on any atom is 0.161 e. The Morgan fingerprint density at radius 3 is 2.60 bits per heavy atom. The zero-order valence-corrected chi connectivity index (χ0v) is 12.1. The molecular weight excluding hydrogens is 252 g/mol. The lowest BCUT2D eigenvalue weighted by atomic mass is 10.1. The number of nitrogens with zero attached hydrogens (tertiary/aromatic N) is 2. The van der Waals surface area contributed by atoms with Gasteiger partial charge in [-0.1, -0.05) is 12.1 Å². The number of hydrogen-bond donors (Lipinski definition) is 1. The second-order valence-electron chi connectivity index (χ2n) is 4.91. The second-order valence-corrected chi connectivity index (χ2v) is 4.91. The molecule has 0 unspecified atom stereocenters. The van der Waals surface area contributed by atoms with Crippen LogP contribution < -0.4 is 0 Å². The van der Waals surface area contributed by atoms with E-state index in [-0.39, 0.29) is 11.5 Å². The Bertz CT molecular complexity index is 697. The van der Waals surface area contributed by atoms with Gasteiger partial charge in [-0.25, -0.2) is 4.68 Å². The number of aromatic nitrogens is 1. The number of phenolic OH excluding ortho intramolecular Hbond substituents is 1. The normalized spacial score (nSPS) is 11.2. The molecule has 0 saturated carbocycles. The van der Waals surface area contributed by atoms with Gasteiger partial charge in [0.2, 0.25) is 0 Å². The monoisotopic (exact) mass is 270 g/mol. The molecule has 2 aromatic rings. The molecule has 0 atom stereocenters. The molecule has 20 heavy (non-hydrogen) atoms. The highest BCUT2D eigenvalue weighted by molar-refractivity contribution is 5.95. The average molecular weight is 270 g/mol. The predicted molar refractivity (Wildman–Crippen MR) is 79.7 cm³/mol. The summed E-state index contributed by atoms with van der Waals surface area (Å²) in [5.74, 6) is 0.253. The van der Waals surface area contributed by atoms with Gasteiger partial charge in [0.15, 0.2) is 5.78 Å². The summed E-state index contributed by atoms with van der Waals surface area (Å²) < 4.78 is 1.71. The SMILES string of the molecule is CC(=O)c1cc(C)n(/N=C\c2cccc(C)c2O)c1C. The van der Waals surface area contributed by atoms with Crippen molar-refractivity contribution in [3.63, 3.8) is 0 Å². The van der Waals surface area contributed by atoms with Crippen molar-refractivity contribution < 1.29 is 9.90 Å². The van der Waals surface area contributed by atoms with Gasteiger partial charge in [0.1, 0.15) is 5.75 Å². The molecule has 0 aliphatic rings. The van der Waals surface area contributed by atoms with Crippen LogP contribution in [0.25, 0.3) is 0 Å². The summed E-state index contributed by atoms with van der Waals surface area (Å²) in [5.41, 5.74) is 3.82. The lowest BCUT2D eigenvalue weighted by molar-refractivity contribution is 0.101. The molecule has 1 aromatic carbocycles. The van der Waals surface area contributed by atoms with Gasteiger partial charge in [0, 0.05) is 22.5 Å². The summed E-state index contributed by atoms with van der Waals surface area (Å²) in [6, 6.07) is 7.33. The summed E-state index contributed by atoms with van der Waals surface area (Å²) in [6.07, 6.45) is 1.60. The number of rotatable bonds is 3. The Morgan fingerprint density at radius 2 is 2.00 bits per heavy atom. The molecule has 2 rings (SSSR count). The van der Waals surface area contributed by atoms with Crippen molar-refractivity contribution in [3.05, 3.63) is 52.3 Å². The molecule has 1 heterocycles. The molecule has 1 N–H and O–H groups in total. The van der Waals surface area contributed by atoms with Crippen molar-refractivity contribution >= 4 is 12.0 Å². The number of aryl methyl sites for hydroxylation is 2. The summed E-state index contributed by atoms with van der Waals surface area (Å²) in [5, 5.41) is 14.3. The van der Waals surface area contributed by atoms with Crippen molar-refractivity contribution in [1.29, 1.82) is 0 Å². The van der Waals surface area contributed by atoms with Gasteiger partial charge in [0.25, 0.3) is 0 Å². The Morgan fingerprint density at radius 1 is 1.30 bits per heavy atom. The van der Waals surface area contributed by atoms with Crippen LogP contribution in [0.2, 0.25) is 0 Å². The van der Waals surface area contributed by atoms with E-state index in [1.165, 1.54) is 0 Å². The third-order valence-electron chi connectivity index (χ3n) is 3.36. The maximum absolute atomic E-state index is 11.5. The number of aromatic hydroxyl groups is 1. The molecule has 0 amide bonds. The van der Waals surface area contributed by atoms with Crippen LogP contribution in [0.3, 0.4) is 0 Å². The van der Waals surface area contributed by atoms with E-state index in [0.29, 0.717) is 11.1 Å². The van der Waals surface area contributed by atoms with E-state index in [0.717, 1.165) is 17.0 Å². The van der Waals surface area contributed by atoms with E-state index in [9.17, 15) is 9.90 Å². The summed E-state index contributed by atoms with van der Waals surface area (Å²) >= 11 is 0. The first kappa shape index (κ1) is 14.1. The maximum atomic E-state index is 11.5. The van der Waals surface area contributed by atoms with E-state index in [4.69, 9.17) is 0 Å². The molecule has 0 aliphatic carbocycles. The van der Waals surface area contributed by atoms with E-state index in [1.807, 2.05) is 39.0 Å². The molecular formula is C16H18N2O2. The third-order valence-corrected chi connectivity index (χ3v) is 3.36. The fourth-order valence-corrected chi connectivity index (χ4v) is 2.19. The van der Waals surface area contributed by atoms with Crippen LogP contribution >= 0.6 is 0 Å². The van der Waals surface area contributed by atoms with Crippen LogP contribution in [-0.4, -0.2) is 21.8 Å². The zero-order valence-electron chi connectivity index (χ0n) is 12.1. The quantitative estimate of drug-likeness (QED) is 0.687. The first-order valence-corrected chi connectivity index (χ1v) is 6.44. The highest BCUT2D eigenvalue weighted by atomic mass is 16.3. The second kappa shape index (κ2) is 5.33. The molecule has 0 aliphatic heterocycles. The van der Waals surface area contributed by atoms with Crippen LogP contribution in [-0.2, 0) is 0 Å². The minimum atomic E-state index is 0.0259. The van der Waals surface area contributed by atoms with Crippen molar-refractivity contribution in [3.8, 4) is 5.75 Å². The fraction of sp³-hybridized carbons (Fsp3) is 0.250. The van der Waals surface area contributed by atoms with Crippen LogP contribution in [0.15, 0.2) is 29.4 Å². The van der Waals surface area contributed by atoms with Gasteiger partial charge in [-0.05, 0) is 45.4 Å². The number of hydrogen-bond acceptors (Lipinski definition) is 3. The Balaban J connectivity index is 2.42. The first-order valence-electron chi connectivity index (χ1n) is 6.44. The van der Waals surface area contributed by atoms with Crippen molar-refractivity contribution in [2.24, 2.45) is 5.10 Å². The number of phenols is 1. The van der Waals surface area contributed by atoms with Crippen molar-refractivity contribution in [2.45, 2.75) is 27.7 Å². The van der Waals surface area contributed by atoms with Crippen LogP contribution in [0, 0.1) is 20.8 Å². The van der Waals surface area contributed by atoms with Crippen LogP contribution in [0.4, 0.5) is 0 Å². The van der Waals surface area contributed by atoms with E-state index in [1.54, 1.807) is 23.9 Å². The predicted octanol–water partition coefficient (Wildman–Crippen LogP) is 3.20. The number of para-hydroxylation sites is 1. The smallest absolute Gasteiger partial charge is 0.161 e. The average Bonchev–Trinajstić information content (AvgIpc) is 2.67. The third kappa shape index (κ3) is 2.50. The molecule has 1 aromatic heterocycles. The highest BCUT2D eigenvalue weighted by Crippen LogP contribution is 2.20. The first-order chi connectivity index (χ1) is 9.41. The molecule has 0 spiro atoms. The van der Waals surface area contributed by atoms with Gasteiger partial charge >= 0.3 is 0 Å². The van der Waals surface area contributed by atoms with Crippen molar-refractivity contribution in [1.82, 2.24) is 4.68 Å². The van der Waals surface area contributed by atoms with Crippen LogP contribution in [0.5, 0.6) is 5.75 Å². The lowest BCUT2D eigenvalue weighted by Gasteiger charge is -2.04. The number of Topliss-reactive ketones (excluding diaryl/α,β-unsaturated/α-hetero) is 1. The standard InChI is InChI=1S/C16H18N2O2/c1-10-6-5-7-14(16(10)20)9-17-18-11(2)8-15(12(18)3)13(4)19/h5-9,20H,1-4H3/b17-9-. The molecule has 104 valence electrons. The molecule has 4 heteroatoms. The molecule has 0 fully saturated rings. The van der Waals surface area contributed by atoms with Gasteiger partial charge in [-0.15, -0.1) is 0 Å². The topological polar surface area (TPSA) is 54.6 Å². The van der Waals surface area contributed by atoms with Gasteiger partial charge < -0.3 is 5.11 Å². The lowest BCUT2D eigenvalue weighted by Crippen LogP contribution is -1.99. The fourth-order valence-electron chi connectivity index (χ4n) is 2.19. The summed E-state index contributed by atoms with van der Waals surface area (Å²) in [4.78, 5) is 11.5. The molecule has 4 nitrogen and oxygen atoms in total. The Labute approximate surface area is 118 Å². The van der Waals surface area contributed by atoms with Crippen LogP contribution in [0.1, 0.15) is 39.8 Å². The van der Waals surface area contributed by atoms with E-state index < -0.39 is 0 Å². The van der Waals surface area contributed by atoms with Crippen molar-refractivity contribution in [2.75, 3.05) is 0 Å². The largest absolute Gasteiger partial charge is 0.507 e. The zero-order chi connectivity index (χ0) is 14.9. The van der Waals surface area contributed by atoms with Gasteiger partial charge in [-0.3, -0.25) is 4.79 Å². The highest BCUT2D eigenvalue weighted by Gasteiger charge is 2.11. The van der Waals surface area contributed by atoms with Gasteiger partial charge in [-0.2, -0.15) is 5.10 Å². The number of benzene rings is 1. The number of carbonyl (C=O) groups is 1. The Kier molecular flexibility index (Phi) is 3.74.